The number of nitrogens with zero attached hydrogens (tertiary/aromatic N) is 3. The Labute approximate surface area is 202 Å². The molecule has 3 heterocycles. The first kappa shape index (κ1) is 22.1. The molecule has 5 rings (SSSR count). The Kier molecular flexibility index (Phi) is 5.99. The molecule has 1 aromatic heterocycles. The number of carbonyl (C=O) groups is 1. The number of aliphatic imine (C=N–C) groups is 1. The van der Waals surface area contributed by atoms with Crippen LogP contribution in [0.1, 0.15) is 16.0 Å². The van der Waals surface area contributed by atoms with Gasteiger partial charge in [-0.05, 0) is 64.7 Å². The third kappa shape index (κ3) is 4.37. The topological polar surface area (TPSA) is 87.3 Å². The van der Waals surface area contributed by atoms with Gasteiger partial charge in [0.05, 0.1) is 17.6 Å². The van der Waals surface area contributed by atoms with Crippen molar-refractivity contribution in [3.05, 3.63) is 87.4 Å². The second-order valence-electron chi connectivity index (χ2n) is 7.23. The molecule has 2 aliphatic rings. The van der Waals surface area contributed by atoms with Gasteiger partial charge in [0.2, 0.25) is 5.17 Å². The standard InChI is InChI=1S/C24H17FN4O3S2/c1-31-19-12-15(6-9-18(19)32-13-14-4-7-16(25)8-5-14)11-17-21(26)29-24(27-22(17)30)34-23(28-29)20-3-2-10-33-20/h2-12,26H,13H2,1H3. The minimum absolute atomic E-state index is 0.0374. The fraction of sp³-hybridized carbons (Fsp3) is 0.0833. The van der Waals surface area contributed by atoms with Crippen molar-refractivity contribution in [2.75, 3.05) is 7.11 Å². The summed E-state index contributed by atoms with van der Waals surface area (Å²) in [6, 6.07) is 15.1. The lowest BCUT2D eigenvalue weighted by Gasteiger charge is -2.20. The molecule has 7 nitrogen and oxygen atoms in total. The van der Waals surface area contributed by atoms with Crippen molar-refractivity contribution in [2.45, 2.75) is 6.61 Å². The van der Waals surface area contributed by atoms with Crippen LogP contribution in [0.15, 0.2) is 75.6 Å². The van der Waals surface area contributed by atoms with E-state index in [4.69, 9.17) is 14.9 Å². The van der Waals surface area contributed by atoms with Gasteiger partial charge in [-0.15, -0.1) is 11.3 Å². The quantitative estimate of drug-likeness (QED) is 0.482. The van der Waals surface area contributed by atoms with Gasteiger partial charge in [0.25, 0.3) is 5.91 Å². The summed E-state index contributed by atoms with van der Waals surface area (Å²) in [7, 11) is 1.52. The minimum atomic E-state index is -0.498. The largest absolute Gasteiger partial charge is 0.493 e. The lowest BCUT2D eigenvalue weighted by atomic mass is 10.1. The van der Waals surface area contributed by atoms with Crippen molar-refractivity contribution in [3.63, 3.8) is 0 Å². The van der Waals surface area contributed by atoms with E-state index in [-0.39, 0.29) is 23.8 Å². The molecule has 2 aliphatic heterocycles. The molecule has 0 spiro atoms. The van der Waals surface area contributed by atoms with Gasteiger partial charge in [-0.3, -0.25) is 10.2 Å². The number of carbonyl (C=O) groups excluding carboxylic acids is 1. The Bertz CT molecular complexity index is 1370. The maximum absolute atomic E-state index is 13.1. The van der Waals surface area contributed by atoms with Crippen LogP contribution in [0.4, 0.5) is 4.39 Å². The zero-order valence-corrected chi connectivity index (χ0v) is 19.5. The second-order valence-corrected chi connectivity index (χ2v) is 9.13. The first-order valence-electron chi connectivity index (χ1n) is 10.1. The van der Waals surface area contributed by atoms with Crippen molar-refractivity contribution >= 4 is 51.1 Å². The molecule has 0 fully saturated rings. The van der Waals surface area contributed by atoms with Gasteiger partial charge in [-0.2, -0.15) is 15.1 Å². The number of hydrogen-bond acceptors (Lipinski definition) is 7. The molecule has 0 radical (unpaired) electrons. The summed E-state index contributed by atoms with van der Waals surface area (Å²) >= 11 is 2.80. The Morgan fingerprint density at radius 3 is 2.71 bits per heavy atom. The number of fused-ring (bicyclic) bond motifs is 1. The van der Waals surface area contributed by atoms with E-state index in [1.165, 1.54) is 47.4 Å². The van der Waals surface area contributed by atoms with Crippen molar-refractivity contribution < 1.29 is 18.7 Å². The molecule has 0 unspecified atom stereocenters. The highest BCUT2D eigenvalue weighted by molar-refractivity contribution is 8.27. The number of hydrogen-bond donors (Lipinski definition) is 1. The van der Waals surface area contributed by atoms with Crippen LogP contribution in [0.2, 0.25) is 0 Å². The SMILES string of the molecule is COc1cc(C=C2C(=N)N3N=C(c4cccs4)SC3=NC2=O)ccc1OCc1ccc(F)cc1. The summed E-state index contributed by atoms with van der Waals surface area (Å²) in [5, 5.41) is 17.4. The van der Waals surface area contributed by atoms with E-state index in [0.717, 1.165) is 10.4 Å². The smallest absolute Gasteiger partial charge is 0.283 e. The Hall–Kier alpha value is -3.76. The molecule has 0 saturated heterocycles. The molecular weight excluding hydrogens is 475 g/mol. The summed E-state index contributed by atoms with van der Waals surface area (Å²) < 4.78 is 24.4. The third-order valence-electron chi connectivity index (χ3n) is 4.99. The second kappa shape index (κ2) is 9.24. The van der Waals surface area contributed by atoms with Crippen LogP contribution in [0.25, 0.3) is 6.08 Å². The summed E-state index contributed by atoms with van der Waals surface area (Å²) in [4.78, 5) is 17.8. The van der Waals surface area contributed by atoms with Gasteiger partial charge in [-0.1, -0.05) is 24.3 Å². The molecule has 170 valence electrons. The molecule has 34 heavy (non-hydrogen) atoms. The monoisotopic (exact) mass is 492 g/mol. The summed E-state index contributed by atoms with van der Waals surface area (Å²) in [5.74, 6) is 0.122. The van der Waals surface area contributed by atoms with E-state index in [9.17, 15) is 9.18 Å². The molecule has 1 N–H and O–H groups in total. The fourth-order valence-electron chi connectivity index (χ4n) is 3.29. The number of rotatable bonds is 6. The average molecular weight is 493 g/mol. The molecule has 0 atom stereocenters. The number of thiophene rings is 1. The van der Waals surface area contributed by atoms with Crippen LogP contribution in [0.3, 0.4) is 0 Å². The van der Waals surface area contributed by atoms with Gasteiger partial charge in [0, 0.05) is 0 Å². The van der Waals surface area contributed by atoms with E-state index < -0.39 is 5.91 Å². The van der Waals surface area contributed by atoms with Crippen LogP contribution in [-0.4, -0.2) is 34.1 Å². The Morgan fingerprint density at radius 1 is 1.15 bits per heavy atom. The zero-order valence-electron chi connectivity index (χ0n) is 17.8. The summed E-state index contributed by atoms with van der Waals surface area (Å²) in [6.45, 7) is 0.245. The number of methoxy groups -OCH3 is 1. The molecule has 1 amide bonds. The lowest BCUT2D eigenvalue weighted by molar-refractivity contribution is -0.114. The van der Waals surface area contributed by atoms with Crippen LogP contribution >= 0.6 is 23.1 Å². The number of amides is 1. The number of ether oxygens (including phenoxy) is 2. The van der Waals surface area contributed by atoms with Gasteiger partial charge >= 0.3 is 0 Å². The van der Waals surface area contributed by atoms with E-state index in [1.807, 2.05) is 17.5 Å². The average Bonchev–Trinajstić information content (AvgIpc) is 3.52. The maximum atomic E-state index is 13.1. The van der Waals surface area contributed by atoms with Crippen LogP contribution < -0.4 is 9.47 Å². The van der Waals surface area contributed by atoms with Gasteiger partial charge < -0.3 is 9.47 Å². The molecule has 0 saturated carbocycles. The van der Waals surface area contributed by atoms with E-state index in [0.29, 0.717) is 27.3 Å². The fourth-order valence-corrected chi connectivity index (χ4v) is 4.98. The summed E-state index contributed by atoms with van der Waals surface area (Å²) in [5.41, 5.74) is 1.59. The predicted octanol–water partition coefficient (Wildman–Crippen LogP) is 5.14. The Balaban J connectivity index is 1.37. The number of thioether (sulfide) groups is 1. The molecule has 0 aliphatic carbocycles. The molecule has 2 aromatic carbocycles. The number of hydrazone groups is 1. The Morgan fingerprint density at radius 2 is 1.97 bits per heavy atom. The highest BCUT2D eigenvalue weighted by Gasteiger charge is 2.36. The van der Waals surface area contributed by atoms with Crippen LogP contribution in [0.5, 0.6) is 11.5 Å². The van der Waals surface area contributed by atoms with Crippen molar-refractivity contribution in [1.29, 1.82) is 5.41 Å². The first-order valence-corrected chi connectivity index (χ1v) is 11.8. The molecule has 3 aromatic rings. The number of benzene rings is 2. The maximum Gasteiger partial charge on any atom is 0.283 e. The van der Waals surface area contributed by atoms with Gasteiger partial charge in [0.1, 0.15) is 17.5 Å². The van der Waals surface area contributed by atoms with Gasteiger partial charge in [-0.25, -0.2) is 4.39 Å². The zero-order chi connectivity index (χ0) is 23.7. The van der Waals surface area contributed by atoms with E-state index in [2.05, 4.69) is 10.1 Å². The van der Waals surface area contributed by atoms with Crippen molar-refractivity contribution in [3.8, 4) is 11.5 Å². The van der Waals surface area contributed by atoms with Crippen molar-refractivity contribution in [2.24, 2.45) is 10.1 Å². The predicted molar refractivity (Wildman–Crippen MR) is 132 cm³/mol. The lowest BCUT2D eigenvalue weighted by Crippen LogP contribution is -2.35. The number of halogens is 1. The van der Waals surface area contributed by atoms with Crippen LogP contribution in [0, 0.1) is 11.2 Å². The number of amidine groups is 2. The van der Waals surface area contributed by atoms with E-state index >= 15 is 0 Å². The molecule has 10 heteroatoms. The normalized spacial score (nSPS) is 16.4. The van der Waals surface area contributed by atoms with Gasteiger partial charge in [0.15, 0.2) is 17.3 Å². The highest BCUT2D eigenvalue weighted by atomic mass is 32.2. The summed E-state index contributed by atoms with van der Waals surface area (Å²) in [6.07, 6.45) is 1.58. The minimum Gasteiger partial charge on any atom is -0.493 e. The third-order valence-corrected chi connectivity index (χ3v) is 6.94. The van der Waals surface area contributed by atoms with E-state index in [1.54, 1.807) is 36.4 Å². The molecule has 0 bridgehead atoms. The van der Waals surface area contributed by atoms with Crippen molar-refractivity contribution in [1.82, 2.24) is 5.01 Å². The first-order chi connectivity index (χ1) is 16.5. The number of nitrogens with one attached hydrogen (secondary N) is 1. The van der Waals surface area contributed by atoms with Crippen LogP contribution in [-0.2, 0) is 11.4 Å². The molecular formula is C24H17FN4O3S2. The highest BCUT2D eigenvalue weighted by Crippen LogP contribution is 2.33.